The summed E-state index contributed by atoms with van der Waals surface area (Å²) in [5, 5.41) is 3.33. The molecular weight excluding hydrogens is 206 g/mol. The average molecular weight is 221 g/mol. The number of benzene rings is 1. The average Bonchev–Trinajstić information content (AvgIpc) is 3.13. The molecule has 0 bridgehead atoms. The van der Waals surface area contributed by atoms with Gasteiger partial charge in [0.25, 0.3) is 0 Å². The third kappa shape index (κ3) is 1.80. The van der Waals surface area contributed by atoms with Crippen LogP contribution >= 0.6 is 0 Å². The van der Waals surface area contributed by atoms with Crippen LogP contribution in [0.5, 0.6) is 5.75 Å². The lowest BCUT2D eigenvalue weighted by Gasteiger charge is -2.04. The molecule has 1 aromatic carbocycles. The van der Waals surface area contributed by atoms with Crippen LogP contribution in [0.25, 0.3) is 22.3 Å². The molecule has 0 saturated heterocycles. The molecule has 16 heavy (non-hydrogen) atoms. The third-order valence-corrected chi connectivity index (χ3v) is 2.64. The van der Waals surface area contributed by atoms with Crippen molar-refractivity contribution in [2.75, 3.05) is 19.7 Å². The van der Waals surface area contributed by atoms with Gasteiger partial charge in [0, 0.05) is 6.07 Å². The van der Waals surface area contributed by atoms with Crippen molar-refractivity contribution in [2.45, 2.75) is 19.8 Å². The quantitative estimate of drug-likeness (QED) is 0.623. The monoisotopic (exact) mass is 221 g/mol. The molecule has 1 N–H and O–H groups in total. The Hall–Kier alpha value is -1.42. The van der Waals surface area contributed by atoms with Crippen molar-refractivity contribution in [1.29, 1.82) is 0 Å². The van der Waals surface area contributed by atoms with Crippen LogP contribution in [0.15, 0.2) is 14.9 Å². The third-order valence-electron chi connectivity index (χ3n) is 2.64. The normalized spacial score (nSPS) is 12.3. The lowest BCUT2D eigenvalue weighted by atomic mass is 10.3. The molecule has 3 rings (SSSR count). The highest BCUT2D eigenvalue weighted by atomic mass is 16.5. The summed E-state index contributed by atoms with van der Waals surface area (Å²) in [6.45, 7) is 4.95. The SMILES string of the molecule is CCCNCCCOc1cc2oc2c2oc12. The Balaban J connectivity index is 1.44. The van der Waals surface area contributed by atoms with E-state index in [2.05, 4.69) is 12.2 Å². The molecule has 0 aliphatic heterocycles. The van der Waals surface area contributed by atoms with E-state index in [-0.39, 0.29) is 0 Å². The number of rotatable bonds is 7. The second-order valence-corrected chi connectivity index (χ2v) is 4.02. The van der Waals surface area contributed by atoms with E-state index >= 15 is 0 Å². The summed E-state index contributed by atoms with van der Waals surface area (Å²) >= 11 is 0. The first-order valence-electron chi connectivity index (χ1n) is 5.80. The van der Waals surface area contributed by atoms with Crippen molar-refractivity contribution in [3.63, 3.8) is 0 Å². The van der Waals surface area contributed by atoms with Crippen molar-refractivity contribution in [3.05, 3.63) is 6.07 Å². The lowest BCUT2D eigenvalue weighted by molar-refractivity contribution is 0.310. The van der Waals surface area contributed by atoms with Crippen LogP contribution in [0.3, 0.4) is 0 Å². The summed E-state index contributed by atoms with van der Waals surface area (Å²) in [5.41, 5.74) is 3.52. The number of hydrogen-bond donors (Lipinski definition) is 1. The van der Waals surface area contributed by atoms with Crippen molar-refractivity contribution in [1.82, 2.24) is 5.32 Å². The van der Waals surface area contributed by atoms with Gasteiger partial charge in [-0.3, -0.25) is 0 Å². The summed E-state index contributed by atoms with van der Waals surface area (Å²) in [6.07, 6.45) is 2.18. The number of nitrogens with one attached hydrogen (secondary N) is 1. The number of ether oxygens (including phenoxy) is 1. The molecule has 0 unspecified atom stereocenters. The van der Waals surface area contributed by atoms with Gasteiger partial charge in [-0.25, -0.2) is 0 Å². The maximum absolute atomic E-state index is 5.64. The second-order valence-electron chi connectivity index (χ2n) is 4.02. The van der Waals surface area contributed by atoms with Crippen molar-refractivity contribution >= 4 is 22.3 Å². The van der Waals surface area contributed by atoms with Crippen molar-refractivity contribution in [3.8, 4) is 5.75 Å². The summed E-state index contributed by atoms with van der Waals surface area (Å²) < 4.78 is 16.1. The zero-order chi connectivity index (χ0) is 11.0. The highest BCUT2D eigenvalue weighted by Gasteiger charge is 2.26. The van der Waals surface area contributed by atoms with E-state index in [9.17, 15) is 0 Å². The van der Waals surface area contributed by atoms with Gasteiger partial charge in [0.2, 0.25) is 16.7 Å². The first kappa shape index (κ1) is 9.78. The molecular formula is C12H15NO3. The minimum absolute atomic E-state index is 0.714. The van der Waals surface area contributed by atoms with Crippen molar-refractivity contribution in [2.24, 2.45) is 0 Å². The Labute approximate surface area is 93.2 Å². The largest absolute Gasteiger partial charge is 0.489 e. The van der Waals surface area contributed by atoms with Gasteiger partial charge < -0.3 is 18.9 Å². The van der Waals surface area contributed by atoms with E-state index in [0.29, 0.717) is 6.61 Å². The fraction of sp³-hybridized carbons (Fsp3) is 0.500. The maximum Gasteiger partial charge on any atom is 0.220 e. The number of hydrogen-bond acceptors (Lipinski definition) is 4. The van der Waals surface area contributed by atoms with Crippen LogP contribution in [-0.4, -0.2) is 19.7 Å². The van der Waals surface area contributed by atoms with E-state index in [0.717, 1.165) is 47.6 Å². The molecule has 0 spiro atoms. The molecule has 2 aromatic heterocycles. The predicted molar refractivity (Wildman–Crippen MR) is 61.6 cm³/mol. The van der Waals surface area contributed by atoms with Gasteiger partial charge in [0.1, 0.15) is 0 Å². The highest BCUT2D eigenvalue weighted by molar-refractivity contribution is 6.08. The minimum atomic E-state index is 0.714. The molecule has 2 heterocycles. The molecule has 4 nitrogen and oxygen atoms in total. The van der Waals surface area contributed by atoms with E-state index in [1.165, 1.54) is 6.42 Å². The van der Waals surface area contributed by atoms with Crippen molar-refractivity contribution < 1.29 is 13.6 Å². The molecule has 0 atom stereocenters. The molecule has 0 radical (unpaired) electrons. The molecule has 4 heteroatoms. The molecule has 0 amide bonds. The molecule has 0 fully saturated rings. The maximum atomic E-state index is 5.64. The van der Waals surface area contributed by atoms with Crippen LogP contribution in [0.2, 0.25) is 0 Å². The van der Waals surface area contributed by atoms with Crippen LogP contribution in [0, 0.1) is 0 Å². The van der Waals surface area contributed by atoms with E-state index in [4.69, 9.17) is 13.6 Å². The van der Waals surface area contributed by atoms with Gasteiger partial charge in [-0.2, -0.15) is 0 Å². The van der Waals surface area contributed by atoms with E-state index < -0.39 is 0 Å². The summed E-state index contributed by atoms with van der Waals surface area (Å²) in [4.78, 5) is 0. The Kier molecular flexibility index (Phi) is 2.36. The zero-order valence-corrected chi connectivity index (χ0v) is 9.34. The van der Waals surface area contributed by atoms with Gasteiger partial charge in [0.05, 0.1) is 6.61 Å². The van der Waals surface area contributed by atoms with Crippen LogP contribution in [-0.2, 0) is 0 Å². The Bertz CT molecular complexity index is 539. The van der Waals surface area contributed by atoms with Gasteiger partial charge in [-0.15, -0.1) is 0 Å². The van der Waals surface area contributed by atoms with E-state index in [1.54, 1.807) is 0 Å². The molecule has 3 aromatic rings. The second kappa shape index (κ2) is 3.87. The smallest absolute Gasteiger partial charge is 0.220 e. The molecule has 86 valence electrons. The number of fused-ring (bicyclic) bond motifs is 3. The van der Waals surface area contributed by atoms with Crippen LogP contribution in [0.1, 0.15) is 19.8 Å². The van der Waals surface area contributed by atoms with Crippen LogP contribution < -0.4 is 10.1 Å². The first-order valence-corrected chi connectivity index (χ1v) is 5.80. The Morgan fingerprint density at radius 2 is 2.12 bits per heavy atom. The summed E-state index contributed by atoms with van der Waals surface area (Å²) in [6, 6.07) is 1.90. The van der Waals surface area contributed by atoms with E-state index in [1.807, 2.05) is 6.07 Å². The van der Waals surface area contributed by atoms with Gasteiger partial charge in [-0.1, -0.05) is 6.92 Å². The minimum Gasteiger partial charge on any atom is -0.489 e. The van der Waals surface area contributed by atoms with Gasteiger partial charge in [0.15, 0.2) is 11.3 Å². The Morgan fingerprint density at radius 3 is 3.00 bits per heavy atom. The fourth-order valence-corrected chi connectivity index (χ4v) is 1.70. The standard InChI is InChI=1S/C12H15NO3/c1-2-4-13-5-3-6-14-8-7-9-11(15-9)12-10(8)16-12/h7,13H,2-6H2,1H3. The molecule has 0 aliphatic carbocycles. The fourth-order valence-electron chi connectivity index (χ4n) is 1.70. The first-order chi connectivity index (χ1) is 7.90. The van der Waals surface area contributed by atoms with Gasteiger partial charge >= 0.3 is 0 Å². The summed E-state index contributed by atoms with van der Waals surface area (Å²) in [7, 11) is 0. The molecule has 0 aliphatic rings. The lowest BCUT2D eigenvalue weighted by Crippen LogP contribution is -2.17. The van der Waals surface area contributed by atoms with Crippen LogP contribution in [0.4, 0.5) is 0 Å². The topological polar surface area (TPSA) is 47.5 Å². The van der Waals surface area contributed by atoms with Gasteiger partial charge in [-0.05, 0) is 25.9 Å². The summed E-state index contributed by atoms with van der Waals surface area (Å²) in [5.74, 6) is 0.821. The Morgan fingerprint density at radius 1 is 1.19 bits per heavy atom. The zero-order valence-electron chi connectivity index (χ0n) is 9.34. The predicted octanol–water partition coefficient (Wildman–Crippen LogP) is 2.82. The molecule has 0 saturated carbocycles. The highest BCUT2D eigenvalue weighted by Crippen LogP contribution is 2.45.